The fraction of sp³-hybridized carbons (Fsp3) is 0.320. The molecule has 0 aliphatic carbocycles. The standard InChI is InChI=1S/C25H28N2O3/c1-19-5-7-20(8-6-19)25(28)27(21-9-11-23(29-2)12-10-21)22-13-15-26(16-14-22)18-24-4-3-17-30-24/h3-12,17,22H,13-16,18H2,1-2H3. The number of carbonyl (C=O) groups is 1. The number of ether oxygens (including phenoxy) is 1. The van der Waals surface area contributed by atoms with Crippen LogP contribution in [-0.2, 0) is 6.54 Å². The summed E-state index contributed by atoms with van der Waals surface area (Å²) in [5.74, 6) is 1.82. The van der Waals surface area contributed by atoms with Gasteiger partial charge in [0.1, 0.15) is 11.5 Å². The normalized spacial score (nSPS) is 15.1. The van der Waals surface area contributed by atoms with E-state index in [1.807, 2.05) is 72.5 Å². The van der Waals surface area contributed by atoms with E-state index in [1.54, 1.807) is 13.4 Å². The van der Waals surface area contributed by atoms with E-state index >= 15 is 0 Å². The van der Waals surface area contributed by atoms with Crippen LogP contribution in [0.5, 0.6) is 5.75 Å². The van der Waals surface area contributed by atoms with Crippen LogP contribution in [0.4, 0.5) is 5.69 Å². The molecule has 156 valence electrons. The predicted molar refractivity (Wildman–Crippen MR) is 118 cm³/mol. The molecule has 1 fully saturated rings. The Morgan fingerprint density at radius 2 is 1.77 bits per heavy atom. The second-order valence-electron chi connectivity index (χ2n) is 7.83. The first-order chi connectivity index (χ1) is 14.6. The molecule has 0 N–H and O–H groups in total. The number of rotatable bonds is 6. The maximum atomic E-state index is 13.5. The summed E-state index contributed by atoms with van der Waals surface area (Å²) in [6.45, 7) is 4.71. The molecule has 1 aliphatic heterocycles. The molecule has 30 heavy (non-hydrogen) atoms. The minimum absolute atomic E-state index is 0.0460. The van der Waals surface area contributed by atoms with Gasteiger partial charge in [0.25, 0.3) is 5.91 Å². The monoisotopic (exact) mass is 404 g/mol. The van der Waals surface area contributed by atoms with E-state index in [1.165, 1.54) is 0 Å². The van der Waals surface area contributed by atoms with Crippen molar-refractivity contribution in [1.82, 2.24) is 4.90 Å². The number of hydrogen-bond donors (Lipinski definition) is 0. The van der Waals surface area contributed by atoms with Gasteiger partial charge >= 0.3 is 0 Å². The number of anilines is 1. The fourth-order valence-electron chi connectivity index (χ4n) is 4.03. The second kappa shape index (κ2) is 9.18. The van der Waals surface area contributed by atoms with Crippen molar-refractivity contribution in [2.45, 2.75) is 32.4 Å². The van der Waals surface area contributed by atoms with Gasteiger partial charge < -0.3 is 14.1 Å². The van der Waals surface area contributed by atoms with Crippen molar-refractivity contribution in [1.29, 1.82) is 0 Å². The third-order valence-corrected chi connectivity index (χ3v) is 5.75. The van der Waals surface area contributed by atoms with Gasteiger partial charge in [-0.2, -0.15) is 0 Å². The van der Waals surface area contributed by atoms with E-state index in [2.05, 4.69) is 4.90 Å². The van der Waals surface area contributed by atoms with Crippen LogP contribution in [0.15, 0.2) is 71.3 Å². The van der Waals surface area contributed by atoms with Crippen molar-refractivity contribution in [3.63, 3.8) is 0 Å². The molecule has 1 aromatic heterocycles. The van der Waals surface area contributed by atoms with Crippen LogP contribution in [0.25, 0.3) is 0 Å². The summed E-state index contributed by atoms with van der Waals surface area (Å²) < 4.78 is 10.8. The van der Waals surface area contributed by atoms with Gasteiger partial charge in [0.2, 0.25) is 0 Å². The lowest BCUT2D eigenvalue weighted by Gasteiger charge is -2.38. The molecule has 4 rings (SSSR count). The molecular weight excluding hydrogens is 376 g/mol. The zero-order valence-electron chi connectivity index (χ0n) is 17.6. The number of piperidine rings is 1. The van der Waals surface area contributed by atoms with Crippen LogP contribution < -0.4 is 9.64 Å². The first kappa shape index (κ1) is 20.2. The van der Waals surface area contributed by atoms with E-state index in [9.17, 15) is 4.79 Å². The molecule has 5 nitrogen and oxygen atoms in total. The highest BCUT2D eigenvalue weighted by Crippen LogP contribution is 2.28. The Labute approximate surface area is 177 Å². The van der Waals surface area contributed by atoms with Crippen LogP contribution in [0, 0.1) is 6.92 Å². The molecule has 0 spiro atoms. The first-order valence-corrected chi connectivity index (χ1v) is 10.4. The lowest BCUT2D eigenvalue weighted by Crippen LogP contribution is -2.47. The molecule has 1 aliphatic rings. The van der Waals surface area contributed by atoms with Gasteiger partial charge in [-0.25, -0.2) is 0 Å². The van der Waals surface area contributed by atoms with Gasteiger partial charge in [0, 0.05) is 30.4 Å². The topological polar surface area (TPSA) is 45.9 Å². The number of nitrogens with zero attached hydrogens (tertiary/aromatic N) is 2. The number of hydrogen-bond acceptors (Lipinski definition) is 4. The molecule has 0 atom stereocenters. The number of likely N-dealkylation sites (tertiary alicyclic amines) is 1. The third-order valence-electron chi connectivity index (χ3n) is 5.75. The number of benzene rings is 2. The van der Waals surface area contributed by atoms with Gasteiger partial charge in [0.15, 0.2) is 0 Å². The first-order valence-electron chi connectivity index (χ1n) is 10.4. The molecule has 0 radical (unpaired) electrons. The quantitative estimate of drug-likeness (QED) is 0.586. The number of carbonyl (C=O) groups excluding carboxylic acids is 1. The van der Waals surface area contributed by atoms with Crippen molar-refractivity contribution >= 4 is 11.6 Å². The molecular formula is C25H28N2O3. The van der Waals surface area contributed by atoms with E-state index in [-0.39, 0.29) is 11.9 Å². The molecule has 0 bridgehead atoms. The van der Waals surface area contributed by atoms with Crippen molar-refractivity contribution in [3.8, 4) is 5.75 Å². The minimum atomic E-state index is 0.0460. The van der Waals surface area contributed by atoms with E-state index in [4.69, 9.17) is 9.15 Å². The number of amides is 1. The van der Waals surface area contributed by atoms with Crippen LogP contribution in [0.1, 0.15) is 34.5 Å². The zero-order chi connectivity index (χ0) is 20.9. The maximum absolute atomic E-state index is 13.5. The van der Waals surface area contributed by atoms with Crippen molar-refractivity contribution in [3.05, 3.63) is 83.8 Å². The van der Waals surface area contributed by atoms with Gasteiger partial charge in [-0.05, 0) is 68.3 Å². The van der Waals surface area contributed by atoms with Gasteiger partial charge in [-0.1, -0.05) is 17.7 Å². The summed E-state index contributed by atoms with van der Waals surface area (Å²) in [7, 11) is 1.65. The Balaban J connectivity index is 1.54. The third kappa shape index (κ3) is 4.57. The minimum Gasteiger partial charge on any atom is -0.497 e. The average Bonchev–Trinajstić information content (AvgIpc) is 3.29. The Hall–Kier alpha value is -3.05. The Kier molecular flexibility index (Phi) is 6.19. The fourth-order valence-corrected chi connectivity index (χ4v) is 4.03. The SMILES string of the molecule is COc1ccc(N(C(=O)c2ccc(C)cc2)C2CCN(Cc3ccco3)CC2)cc1. The van der Waals surface area contributed by atoms with E-state index in [0.717, 1.165) is 60.8 Å². The van der Waals surface area contributed by atoms with Crippen molar-refractivity contribution < 1.29 is 13.9 Å². The summed E-state index contributed by atoms with van der Waals surface area (Å²) in [4.78, 5) is 17.9. The summed E-state index contributed by atoms with van der Waals surface area (Å²) in [6.07, 6.45) is 3.56. The summed E-state index contributed by atoms with van der Waals surface area (Å²) in [5, 5.41) is 0. The highest BCUT2D eigenvalue weighted by atomic mass is 16.5. The summed E-state index contributed by atoms with van der Waals surface area (Å²) >= 11 is 0. The highest BCUT2D eigenvalue weighted by molar-refractivity contribution is 6.06. The summed E-state index contributed by atoms with van der Waals surface area (Å²) in [5.41, 5.74) is 2.77. The van der Waals surface area contributed by atoms with Crippen LogP contribution in [0.3, 0.4) is 0 Å². The molecule has 2 aromatic carbocycles. The molecule has 0 saturated carbocycles. The largest absolute Gasteiger partial charge is 0.497 e. The van der Waals surface area contributed by atoms with Crippen molar-refractivity contribution in [2.75, 3.05) is 25.1 Å². The number of furan rings is 1. The molecule has 0 unspecified atom stereocenters. The van der Waals surface area contributed by atoms with Crippen LogP contribution in [-0.4, -0.2) is 37.0 Å². The molecule has 5 heteroatoms. The lowest BCUT2D eigenvalue weighted by molar-refractivity contribution is 0.0957. The average molecular weight is 405 g/mol. The number of aryl methyl sites for hydroxylation is 1. The Morgan fingerprint density at radius 3 is 2.37 bits per heavy atom. The number of methoxy groups -OCH3 is 1. The van der Waals surface area contributed by atoms with Gasteiger partial charge in [-0.3, -0.25) is 9.69 Å². The molecule has 1 amide bonds. The Bertz CT molecular complexity index is 941. The van der Waals surface area contributed by atoms with Gasteiger partial charge in [0.05, 0.1) is 19.9 Å². The van der Waals surface area contributed by atoms with Crippen LogP contribution in [0.2, 0.25) is 0 Å². The highest BCUT2D eigenvalue weighted by Gasteiger charge is 2.30. The van der Waals surface area contributed by atoms with E-state index in [0.29, 0.717) is 0 Å². The summed E-state index contributed by atoms with van der Waals surface area (Å²) in [6, 6.07) is 19.7. The zero-order valence-corrected chi connectivity index (χ0v) is 17.6. The Morgan fingerprint density at radius 1 is 1.07 bits per heavy atom. The van der Waals surface area contributed by atoms with Crippen molar-refractivity contribution in [2.24, 2.45) is 0 Å². The smallest absolute Gasteiger partial charge is 0.258 e. The maximum Gasteiger partial charge on any atom is 0.258 e. The second-order valence-corrected chi connectivity index (χ2v) is 7.83. The molecule has 3 aromatic rings. The van der Waals surface area contributed by atoms with Gasteiger partial charge in [-0.15, -0.1) is 0 Å². The molecule has 2 heterocycles. The molecule has 1 saturated heterocycles. The lowest BCUT2D eigenvalue weighted by atomic mass is 10.00. The van der Waals surface area contributed by atoms with Crippen LogP contribution >= 0.6 is 0 Å². The predicted octanol–water partition coefficient (Wildman–Crippen LogP) is 4.91. The van der Waals surface area contributed by atoms with E-state index < -0.39 is 0 Å².